The van der Waals surface area contributed by atoms with Crippen LogP contribution >= 0.6 is 12.9 Å². The largest absolute Gasteiger partial charge is 0.506 e. The molecule has 3 rings (SSSR count). The molecule has 0 fully saturated rings. The summed E-state index contributed by atoms with van der Waals surface area (Å²) in [7, 11) is -4.34. The van der Waals surface area contributed by atoms with E-state index in [9.17, 15) is 13.5 Å². The van der Waals surface area contributed by atoms with Crippen molar-refractivity contribution in [1.29, 1.82) is 0 Å². The van der Waals surface area contributed by atoms with E-state index in [1.807, 2.05) is 0 Å². The number of phenolic OH excluding ortho intramolecular Hbond substituents is 1. The average molecular weight is 408 g/mol. The highest BCUT2D eigenvalue weighted by atomic mass is 32.2. The number of benzene rings is 3. The normalized spacial score (nSPS) is 11.9. The van der Waals surface area contributed by atoms with E-state index in [0.717, 1.165) is 0 Å². The van der Waals surface area contributed by atoms with Crippen molar-refractivity contribution in [2.75, 3.05) is 0 Å². The molecule has 0 aromatic heterocycles. The molecule has 2 N–H and O–H groups in total. The molecular formula is C16H12N2O7S2. The molecular weight excluding hydrogens is 396 g/mol. The molecule has 0 aliphatic heterocycles. The van der Waals surface area contributed by atoms with Crippen LogP contribution in [0.2, 0.25) is 0 Å². The number of hydrogen-bond acceptors (Lipinski definition) is 9. The van der Waals surface area contributed by atoms with Gasteiger partial charge in [-0.25, -0.2) is 0 Å². The molecule has 11 heteroatoms. The van der Waals surface area contributed by atoms with Gasteiger partial charge in [0, 0.05) is 18.3 Å². The van der Waals surface area contributed by atoms with E-state index in [1.54, 1.807) is 24.3 Å². The summed E-state index contributed by atoms with van der Waals surface area (Å²) in [5.41, 5.74) is 0.613. The van der Waals surface area contributed by atoms with E-state index >= 15 is 0 Å². The fraction of sp³-hybridized carbons (Fsp3) is 0. The van der Waals surface area contributed by atoms with Crippen LogP contribution in [0.25, 0.3) is 10.8 Å². The molecule has 3 aromatic rings. The first-order chi connectivity index (χ1) is 12.9. The number of hydrogen-bond donors (Lipinski definition) is 3. The third kappa shape index (κ3) is 4.53. The highest BCUT2D eigenvalue weighted by Crippen LogP contribution is 2.37. The summed E-state index contributed by atoms with van der Waals surface area (Å²) < 4.78 is 35.7. The zero-order valence-corrected chi connectivity index (χ0v) is 15.1. The number of fused-ring (bicyclic) bond motifs is 1. The lowest BCUT2D eigenvalue weighted by molar-refractivity contribution is -0.402. The minimum Gasteiger partial charge on any atom is -0.506 e. The summed E-state index contributed by atoms with van der Waals surface area (Å²) in [6.45, 7) is 0. The predicted octanol–water partition coefficient (Wildman–Crippen LogP) is 4.29. The van der Waals surface area contributed by atoms with Gasteiger partial charge in [0.2, 0.25) is 0 Å². The number of nitrogens with zero attached hydrogens (tertiary/aromatic N) is 2. The quantitative estimate of drug-likeness (QED) is 0.139. The summed E-state index contributed by atoms with van der Waals surface area (Å²) in [5, 5.41) is 23.3. The smallest absolute Gasteiger partial charge is 0.294 e. The van der Waals surface area contributed by atoms with Crippen LogP contribution in [0.4, 0.5) is 11.4 Å². The molecule has 0 amide bonds. The first-order valence-corrected chi connectivity index (χ1v) is 9.09. The van der Waals surface area contributed by atoms with Crippen molar-refractivity contribution in [2.24, 2.45) is 10.2 Å². The minimum absolute atomic E-state index is 0.134. The fourth-order valence-electron chi connectivity index (χ4n) is 2.28. The van der Waals surface area contributed by atoms with Crippen LogP contribution in [0.1, 0.15) is 0 Å². The molecule has 0 radical (unpaired) electrons. The Bertz CT molecular complexity index is 1100. The van der Waals surface area contributed by atoms with Crippen LogP contribution in [0.5, 0.6) is 11.5 Å². The minimum atomic E-state index is -4.34. The van der Waals surface area contributed by atoms with Crippen molar-refractivity contribution >= 4 is 45.2 Å². The van der Waals surface area contributed by atoms with Crippen LogP contribution in [-0.4, -0.2) is 18.1 Å². The molecule has 0 heterocycles. The fourth-order valence-corrected chi connectivity index (χ4v) is 2.82. The Hall–Kier alpha value is -2.70. The van der Waals surface area contributed by atoms with E-state index in [0.29, 0.717) is 22.2 Å². The Morgan fingerprint density at radius 2 is 1.70 bits per heavy atom. The van der Waals surface area contributed by atoms with E-state index in [4.69, 9.17) is 9.44 Å². The number of aromatic hydroxyl groups is 1. The lowest BCUT2D eigenvalue weighted by atomic mass is 10.1. The van der Waals surface area contributed by atoms with Crippen molar-refractivity contribution < 1.29 is 32.3 Å². The lowest BCUT2D eigenvalue weighted by Crippen LogP contribution is -1.97. The Morgan fingerprint density at radius 3 is 2.37 bits per heavy atom. The monoisotopic (exact) mass is 408 g/mol. The molecule has 0 saturated carbocycles. The standard InChI is InChI=1S/C16H12N2O7S2/c19-15-8-1-10-9-13(27(20,21)22)6-7-14(10)16(15)18-17-11-2-4-12(5-3-11)23-24-25-26/h1-9,19,26H,(H,20,21,22)/b18-17+. The van der Waals surface area contributed by atoms with Gasteiger partial charge in [0.25, 0.3) is 10.1 Å². The molecule has 27 heavy (non-hydrogen) atoms. The molecule has 0 atom stereocenters. The molecule has 0 unspecified atom stereocenters. The number of thiol groups is 1. The zero-order valence-electron chi connectivity index (χ0n) is 13.4. The van der Waals surface area contributed by atoms with Crippen LogP contribution in [0, 0.1) is 0 Å². The van der Waals surface area contributed by atoms with Crippen LogP contribution in [0.3, 0.4) is 0 Å². The molecule has 9 nitrogen and oxygen atoms in total. The van der Waals surface area contributed by atoms with E-state index in [-0.39, 0.29) is 16.3 Å². The summed E-state index contributed by atoms with van der Waals surface area (Å²) in [6.07, 6.45) is 0. The maximum absolute atomic E-state index is 11.3. The molecule has 3 aromatic carbocycles. The van der Waals surface area contributed by atoms with Crippen molar-refractivity contribution in [2.45, 2.75) is 4.90 Å². The number of phenols is 1. The van der Waals surface area contributed by atoms with Gasteiger partial charge in [-0.3, -0.25) is 4.55 Å². The van der Waals surface area contributed by atoms with Gasteiger partial charge >= 0.3 is 0 Å². The second-order valence-electron chi connectivity index (χ2n) is 5.21. The van der Waals surface area contributed by atoms with E-state index in [1.165, 1.54) is 30.3 Å². The van der Waals surface area contributed by atoms with Gasteiger partial charge in [-0.05, 0) is 52.9 Å². The maximum Gasteiger partial charge on any atom is 0.294 e. The summed E-state index contributed by atoms with van der Waals surface area (Å²) in [5.74, 6) is 0.207. The summed E-state index contributed by atoms with van der Waals surface area (Å²) in [4.78, 5) is 4.45. The lowest BCUT2D eigenvalue weighted by Gasteiger charge is -2.06. The Labute approximate surface area is 159 Å². The topological polar surface area (TPSA) is 127 Å². The molecule has 0 aliphatic rings. The van der Waals surface area contributed by atoms with Crippen molar-refractivity contribution in [3.63, 3.8) is 0 Å². The van der Waals surface area contributed by atoms with Crippen molar-refractivity contribution in [1.82, 2.24) is 0 Å². The average Bonchev–Trinajstić information content (AvgIpc) is 2.65. The van der Waals surface area contributed by atoms with Crippen molar-refractivity contribution in [3.8, 4) is 11.5 Å². The summed E-state index contributed by atoms with van der Waals surface area (Å²) in [6, 6.07) is 13.0. The Balaban J connectivity index is 1.94. The first-order valence-electron chi connectivity index (χ1n) is 7.28. The van der Waals surface area contributed by atoms with Crippen LogP contribution in [-0.2, 0) is 19.5 Å². The van der Waals surface area contributed by atoms with Gasteiger partial charge in [0.05, 0.1) is 10.6 Å². The van der Waals surface area contributed by atoms with Gasteiger partial charge < -0.3 is 9.99 Å². The second kappa shape index (κ2) is 7.90. The highest BCUT2D eigenvalue weighted by Gasteiger charge is 2.13. The SMILES string of the molecule is O=S(=O)(O)c1ccc2c(/N=N/c3ccc(OOOS)cc3)c(O)ccc2c1. The Kier molecular flexibility index (Phi) is 5.58. The third-order valence-electron chi connectivity index (χ3n) is 3.50. The van der Waals surface area contributed by atoms with Crippen LogP contribution < -0.4 is 4.89 Å². The van der Waals surface area contributed by atoms with E-state index < -0.39 is 10.1 Å². The Morgan fingerprint density at radius 1 is 0.963 bits per heavy atom. The van der Waals surface area contributed by atoms with Gasteiger partial charge in [-0.15, -0.1) is 9.45 Å². The maximum atomic E-state index is 11.3. The second-order valence-corrected chi connectivity index (χ2v) is 6.78. The first kappa shape index (κ1) is 19.1. The van der Waals surface area contributed by atoms with Crippen LogP contribution in [0.15, 0.2) is 69.7 Å². The third-order valence-corrected chi connectivity index (χ3v) is 4.41. The van der Waals surface area contributed by atoms with E-state index in [2.05, 4.69) is 32.5 Å². The number of azo groups is 1. The zero-order chi connectivity index (χ0) is 19.4. The molecule has 140 valence electrons. The predicted molar refractivity (Wildman–Crippen MR) is 97.8 cm³/mol. The van der Waals surface area contributed by atoms with Gasteiger partial charge in [-0.1, -0.05) is 12.1 Å². The van der Waals surface area contributed by atoms with Gasteiger partial charge in [0.15, 0.2) is 5.75 Å². The van der Waals surface area contributed by atoms with Crippen molar-refractivity contribution in [3.05, 3.63) is 54.6 Å². The molecule has 0 saturated heterocycles. The molecule has 0 spiro atoms. The summed E-state index contributed by atoms with van der Waals surface area (Å²) >= 11 is 3.35. The van der Waals surface area contributed by atoms with Gasteiger partial charge in [0.1, 0.15) is 11.4 Å². The molecule has 0 aliphatic carbocycles. The number of rotatable bonds is 6. The highest BCUT2D eigenvalue weighted by molar-refractivity contribution is 7.85. The van der Waals surface area contributed by atoms with Gasteiger partial charge in [-0.2, -0.15) is 13.5 Å². The molecule has 0 bridgehead atoms.